The number of aliphatic carboxylic acids is 1. The number of aliphatic hydroxyl groups excluding tert-OH is 2. The molecule has 15 nitrogen and oxygen atoms in total. The number of aromatic hydroxyl groups is 2. The minimum Gasteiger partial charge on any atom is -0.507 e. The van der Waals surface area contributed by atoms with Crippen LogP contribution in [0.2, 0.25) is 0 Å². The molecule has 0 saturated heterocycles. The van der Waals surface area contributed by atoms with E-state index in [1.54, 1.807) is 39.8 Å². The molecule has 6 N–H and O–H groups in total. The smallest absolute Gasteiger partial charge is 0.341 e. The van der Waals surface area contributed by atoms with Gasteiger partial charge in [-0.3, -0.25) is 14.4 Å². The Morgan fingerprint density at radius 2 is 1.63 bits per heavy atom. The maximum atomic E-state index is 14.2. The highest BCUT2D eigenvalue weighted by Gasteiger charge is 2.49. The number of allylic oxidation sites excluding steroid dienone is 2. The van der Waals surface area contributed by atoms with Gasteiger partial charge >= 0.3 is 17.7 Å². The predicted octanol–water partition coefficient (Wildman–Crippen LogP) is 4.51. The fourth-order valence-electron chi connectivity index (χ4n) is 6.89. The highest BCUT2D eigenvalue weighted by atomic mass is 16.7. The van der Waals surface area contributed by atoms with Crippen LogP contribution >= 0.6 is 0 Å². The van der Waals surface area contributed by atoms with Crippen LogP contribution in [0.1, 0.15) is 64.4 Å². The number of carbonyl (C=O) groups excluding carboxylic acids is 3. The van der Waals surface area contributed by atoms with Crippen molar-refractivity contribution in [3.63, 3.8) is 0 Å². The zero-order valence-corrected chi connectivity index (χ0v) is 31.7. The molecule has 0 radical (unpaired) electrons. The number of ether oxygens (including phenoxy) is 5. The van der Waals surface area contributed by atoms with Crippen LogP contribution in [-0.4, -0.2) is 93.1 Å². The summed E-state index contributed by atoms with van der Waals surface area (Å²) in [6.45, 7) is 11.4. The van der Waals surface area contributed by atoms with E-state index in [0.717, 1.165) is 6.07 Å². The van der Waals surface area contributed by atoms with Gasteiger partial charge in [-0.15, -0.1) is 0 Å². The number of carboxylic acids is 1. The Bertz CT molecular complexity index is 1900. The molecule has 0 fully saturated rings. The monoisotopic (exact) mass is 755 g/mol. The van der Waals surface area contributed by atoms with E-state index in [-0.39, 0.29) is 44.7 Å². The number of phenols is 2. The molecule has 15 heteroatoms. The molecule has 9 atom stereocenters. The summed E-state index contributed by atoms with van der Waals surface area (Å²) < 4.78 is 28.9. The Morgan fingerprint density at radius 3 is 2.24 bits per heavy atom. The molecule has 3 aliphatic heterocycles. The molecule has 0 spiro atoms. The number of ketones is 1. The van der Waals surface area contributed by atoms with Crippen molar-refractivity contribution in [2.24, 2.45) is 23.7 Å². The lowest BCUT2D eigenvalue weighted by atomic mass is 9.78. The van der Waals surface area contributed by atoms with Gasteiger partial charge in [0.2, 0.25) is 0 Å². The minimum absolute atomic E-state index is 0.0301. The van der Waals surface area contributed by atoms with Crippen molar-refractivity contribution in [1.29, 1.82) is 0 Å². The summed E-state index contributed by atoms with van der Waals surface area (Å²) in [5.74, 6) is -9.54. The number of amides is 1. The maximum Gasteiger partial charge on any atom is 0.341 e. The molecular weight excluding hydrogens is 706 g/mol. The molecule has 0 saturated carbocycles. The number of Topliss-reactive ketones (excluding diaryl/α,β-unsaturated/α-hetero) is 1. The van der Waals surface area contributed by atoms with Crippen molar-refractivity contribution < 1.29 is 68.4 Å². The third-order valence-electron chi connectivity index (χ3n) is 10.2. The molecule has 0 unspecified atom stereocenters. The lowest BCUT2D eigenvalue weighted by Crippen LogP contribution is -2.46. The van der Waals surface area contributed by atoms with Crippen LogP contribution in [0.15, 0.2) is 42.2 Å². The van der Waals surface area contributed by atoms with E-state index in [0.29, 0.717) is 0 Å². The molecule has 5 bridgehead atoms. The van der Waals surface area contributed by atoms with E-state index >= 15 is 0 Å². The summed E-state index contributed by atoms with van der Waals surface area (Å²) in [5.41, 5.74) is -0.251. The fraction of sp³-hybridized carbons (Fsp3) is 0.487. The molecular formula is C39H49NO14. The summed E-state index contributed by atoms with van der Waals surface area (Å²) >= 11 is 0. The SMILES string of the molecule is CO[C@H]1C=CO[C@@]2(C)Oc3c(C)c(O)c4c(O)c(cc(OCC(=O)O)c4c3C2=O)NC(=O)/C(C)=C\C=C/[C@H](C)[C@H](O)[C@@H](C)[C@@H](O)[C@@H](C)[C@H](OC(C)=O)[C@@H]1C. The Kier molecular flexibility index (Phi) is 12.7. The first-order chi connectivity index (χ1) is 25.2. The summed E-state index contributed by atoms with van der Waals surface area (Å²) in [6, 6.07) is 1.13. The standard InChI is InChI=1S/C39H49NO14/c1-17-11-10-12-18(2)38(49)40-24-15-26(51-16-27(42)43)28-29(34(24)47)33(46)22(6)36-30(28)37(48)39(8,54-36)52-14-13-25(50-9)19(3)35(53-23(7)41)21(5)32(45)20(4)31(17)44/h10-15,17,19-21,25,31-32,35,44-47H,16H2,1-9H3,(H,40,49)(H,42,43)/b11-10-,14-13?,18-12-/t17-,19+,20+,21+,25-,31-,32+,35+,39-/m0/s1. The van der Waals surface area contributed by atoms with Crippen LogP contribution in [0.5, 0.6) is 23.0 Å². The number of hydrogen-bond donors (Lipinski definition) is 6. The number of rotatable bonds is 5. The number of carboxylic acid groups (broad SMARTS) is 1. The van der Waals surface area contributed by atoms with Gasteiger partial charge in [0, 0.05) is 67.2 Å². The Hall–Kier alpha value is -5.12. The quantitative estimate of drug-likeness (QED) is 0.182. The highest BCUT2D eigenvalue weighted by Crippen LogP contribution is 2.54. The third-order valence-corrected chi connectivity index (χ3v) is 10.2. The van der Waals surface area contributed by atoms with E-state index in [4.69, 9.17) is 23.7 Å². The van der Waals surface area contributed by atoms with Crippen LogP contribution in [0.3, 0.4) is 0 Å². The fourth-order valence-corrected chi connectivity index (χ4v) is 6.89. The van der Waals surface area contributed by atoms with Gasteiger partial charge in [-0.2, -0.15) is 0 Å². The van der Waals surface area contributed by atoms with Gasteiger partial charge in [-0.05, 0) is 19.9 Å². The molecule has 3 aliphatic rings. The second kappa shape index (κ2) is 16.5. The lowest BCUT2D eigenvalue weighted by Gasteiger charge is -2.38. The van der Waals surface area contributed by atoms with Gasteiger partial charge in [-0.25, -0.2) is 4.79 Å². The van der Waals surface area contributed by atoms with Gasteiger partial charge in [0.05, 0.1) is 41.2 Å². The van der Waals surface area contributed by atoms with E-state index in [1.165, 1.54) is 53.2 Å². The topological polar surface area (TPSA) is 228 Å². The van der Waals surface area contributed by atoms with E-state index in [9.17, 15) is 44.7 Å². The number of anilines is 1. The first-order valence-electron chi connectivity index (χ1n) is 17.5. The largest absolute Gasteiger partial charge is 0.507 e. The molecule has 294 valence electrons. The second-order valence-corrected chi connectivity index (χ2v) is 14.1. The van der Waals surface area contributed by atoms with Crippen LogP contribution < -0.4 is 14.8 Å². The van der Waals surface area contributed by atoms with Crippen molar-refractivity contribution in [2.45, 2.75) is 85.6 Å². The average molecular weight is 756 g/mol. The maximum absolute atomic E-state index is 14.2. The van der Waals surface area contributed by atoms with Crippen molar-refractivity contribution in [3.05, 3.63) is 53.3 Å². The number of hydrogen-bond acceptors (Lipinski definition) is 13. The Balaban J connectivity index is 1.93. The van der Waals surface area contributed by atoms with Crippen molar-refractivity contribution in [3.8, 4) is 23.0 Å². The minimum atomic E-state index is -2.05. The summed E-state index contributed by atoms with van der Waals surface area (Å²) in [5, 5.41) is 57.0. The molecule has 0 aromatic heterocycles. The third kappa shape index (κ3) is 8.17. The summed E-state index contributed by atoms with van der Waals surface area (Å²) in [4.78, 5) is 51.3. The van der Waals surface area contributed by atoms with Crippen LogP contribution in [0.25, 0.3) is 10.8 Å². The zero-order valence-electron chi connectivity index (χ0n) is 31.7. The van der Waals surface area contributed by atoms with Crippen LogP contribution in [-0.2, 0) is 28.6 Å². The van der Waals surface area contributed by atoms with E-state index in [2.05, 4.69) is 5.32 Å². The number of esters is 1. The van der Waals surface area contributed by atoms with Gasteiger partial charge < -0.3 is 54.5 Å². The van der Waals surface area contributed by atoms with Crippen LogP contribution in [0.4, 0.5) is 5.69 Å². The van der Waals surface area contributed by atoms with E-state index < -0.39 is 95.6 Å². The normalized spacial score (nSPS) is 30.9. The van der Waals surface area contributed by atoms with E-state index in [1.807, 2.05) is 0 Å². The highest BCUT2D eigenvalue weighted by molar-refractivity contribution is 6.21. The summed E-state index contributed by atoms with van der Waals surface area (Å²) in [7, 11) is 1.41. The first-order valence-corrected chi connectivity index (χ1v) is 17.5. The van der Waals surface area contributed by atoms with Gasteiger partial charge in [-0.1, -0.05) is 45.9 Å². The number of phenolic OH excluding ortho intramolecular Hbond substituents is 2. The lowest BCUT2D eigenvalue weighted by molar-refractivity contribution is -0.160. The number of benzene rings is 2. The molecule has 5 rings (SSSR count). The summed E-state index contributed by atoms with van der Waals surface area (Å²) in [6.07, 6.45) is 3.37. The van der Waals surface area contributed by atoms with Gasteiger partial charge in [0.1, 0.15) is 23.4 Å². The zero-order chi connectivity index (χ0) is 40.4. The van der Waals surface area contributed by atoms with Crippen molar-refractivity contribution in [1.82, 2.24) is 0 Å². The van der Waals surface area contributed by atoms with Crippen LogP contribution in [0, 0.1) is 30.6 Å². The predicted molar refractivity (Wildman–Crippen MR) is 195 cm³/mol. The Labute approximate surface area is 312 Å². The molecule has 0 aliphatic carbocycles. The number of nitrogens with one attached hydrogen (secondary N) is 1. The number of aliphatic hydroxyl groups is 2. The molecule has 54 heavy (non-hydrogen) atoms. The molecule has 1 amide bonds. The molecule has 3 heterocycles. The second-order valence-electron chi connectivity index (χ2n) is 14.1. The van der Waals surface area contributed by atoms with Crippen molar-refractivity contribution in [2.75, 3.05) is 19.0 Å². The van der Waals surface area contributed by atoms with Crippen molar-refractivity contribution >= 4 is 40.1 Å². The Morgan fingerprint density at radius 1 is 0.963 bits per heavy atom. The first kappa shape index (κ1) is 41.6. The van der Waals surface area contributed by atoms with Gasteiger partial charge in [0.15, 0.2) is 12.4 Å². The average Bonchev–Trinajstić information content (AvgIpc) is 3.38. The molecule has 2 aromatic carbocycles. The number of fused-ring (bicyclic) bond motifs is 14. The number of methoxy groups -OCH3 is 1. The molecule has 2 aromatic rings. The number of carbonyl (C=O) groups is 4. The van der Waals surface area contributed by atoms with Gasteiger partial charge in [0.25, 0.3) is 11.7 Å².